The highest BCUT2D eigenvalue weighted by Crippen LogP contribution is 2.29. The van der Waals surface area contributed by atoms with Crippen molar-refractivity contribution in [2.45, 2.75) is 25.5 Å². The zero-order valence-electron chi connectivity index (χ0n) is 18.8. The largest absolute Gasteiger partial charge is 0.548 e. The molecule has 0 saturated carbocycles. The van der Waals surface area contributed by atoms with Crippen LogP contribution in [-0.2, 0) is 16.0 Å². The maximum Gasteiger partial charge on any atom is 0.336 e. The molecule has 0 unspecified atom stereocenters. The standard InChI is InChI=1S/C27H23NO7/c1-16(26(31)28-23(27(32)33)13-17-7-9-19(29)10-8-17)34-20-11-12-21-22(18-5-3-2-4-6-18)15-25(30)35-24(21)14-20/h2-12,14-16,23,29H,13H2,1H3,(H,28,31)(H,32,33)/p-1/t16-,23-/m1/s1. The van der Waals surface area contributed by atoms with Crippen LogP contribution in [-0.4, -0.2) is 29.1 Å². The molecule has 8 heteroatoms. The number of rotatable bonds is 8. The normalized spacial score (nSPS) is 12.6. The Morgan fingerprint density at radius 2 is 1.74 bits per heavy atom. The zero-order chi connectivity index (χ0) is 24.9. The van der Waals surface area contributed by atoms with Gasteiger partial charge in [0.1, 0.15) is 17.1 Å². The number of aliphatic carboxylic acids is 1. The summed E-state index contributed by atoms with van der Waals surface area (Å²) in [6, 6.07) is 20.4. The fourth-order valence-corrected chi connectivity index (χ4v) is 3.68. The molecule has 0 aliphatic rings. The minimum atomic E-state index is -1.44. The summed E-state index contributed by atoms with van der Waals surface area (Å²) in [6.07, 6.45) is -1.07. The van der Waals surface area contributed by atoms with E-state index in [1.165, 1.54) is 31.2 Å². The second-order valence-electron chi connectivity index (χ2n) is 8.01. The van der Waals surface area contributed by atoms with Crippen LogP contribution >= 0.6 is 0 Å². The van der Waals surface area contributed by atoms with Gasteiger partial charge in [-0.25, -0.2) is 4.79 Å². The van der Waals surface area contributed by atoms with E-state index in [9.17, 15) is 24.6 Å². The predicted octanol–water partition coefficient (Wildman–Crippen LogP) is 2.41. The van der Waals surface area contributed by atoms with Crippen LogP contribution < -0.4 is 20.8 Å². The number of aromatic hydroxyl groups is 1. The first-order chi connectivity index (χ1) is 16.8. The quantitative estimate of drug-likeness (QED) is 0.377. The number of fused-ring (bicyclic) bond motifs is 1. The van der Waals surface area contributed by atoms with E-state index < -0.39 is 29.6 Å². The van der Waals surface area contributed by atoms with Gasteiger partial charge in [0.05, 0.1) is 12.0 Å². The van der Waals surface area contributed by atoms with Gasteiger partial charge in [0.15, 0.2) is 6.10 Å². The maximum absolute atomic E-state index is 12.6. The van der Waals surface area contributed by atoms with Crippen LogP contribution in [0.25, 0.3) is 22.1 Å². The van der Waals surface area contributed by atoms with Gasteiger partial charge in [-0.15, -0.1) is 0 Å². The molecule has 1 heterocycles. The first-order valence-electron chi connectivity index (χ1n) is 10.9. The summed E-state index contributed by atoms with van der Waals surface area (Å²) in [5, 5.41) is 24.0. The van der Waals surface area contributed by atoms with E-state index in [-0.39, 0.29) is 17.9 Å². The van der Waals surface area contributed by atoms with Gasteiger partial charge in [-0.3, -0.25) is 4.79 Å². The fourth-order valence-electron chi connectivity index (χ4n) is 3.68. The Kier molecular flexibility index (Phi) is 6.82. The van der Waals surface area contributed by atoms with Gasteiger partial charge in [0, 0.05) is 17.5 Å². The smallest absolute Gasteiger partial charge is 0.336 e. The molecule has 0 saturated heterocycles. The SMILES string of the molecule is C[C@@H](Oc1ccc2c(-c3ccccc3)cc(=O)oc2c1)C(=O)N[C@H](Cc1ccc(O)cc1)C(=O)[O-]. The van der Waals surface area contributed by atoms with Gasteiger partial charge >= 0.3 is 5.63 Å². The third-order valence-corrected chi connectivity index (χ3v) is 5.46. The molecule has 2 N–H and O–H groups in total. The summed E-state index contributed by atoms with van der Waals surface area (Å²) >= 11 is 0. The number of hydrogen-bond donors (Lipinski definition) is 2. The van der Waals surface area contributed by atoms with Gasteiger partial charge in [-0.2, -0.15) is 0 Å². The molecule has 0 spiro atoms. The molecule has 3 aromatic carbocycles. The minimum absolute atomic E-state index is 0.0233. The van der Waals surface area contributed by atoms with Crippen molar-refractivity contribution in [2.24, 2.45) is 0 Å². The van der Waals surface area contributed by atoms with Gasteiger partial charge in [-0.1, -0.05) is 42.5 Å². The molecule has 178 valence electrons. The van der Waals surface area contributed by atoms with Crippen molar-refractivity contribution < 1.29 is 29.0 Å². The van der Waals surface area contributed by atoms with E-state index in [1.54, 1.807) is 24.3 Å². The summed E-state index contributed by atoms with van der Waals surface area (Å²) in [7, 11) is 0. The third-order valence-electron chi connectivity index (χ3n) is 5.46. The van der Waals surface area contributed by atoms with Gasteiger partial charge in [0.2, 0.25) is 0 Å². The lowest BCUT2D eigenvalue weighted by atomic mass is 10.0. The first kappa shape index (κ1) is 23.6. The lowest BCUT2D eigenvalue weighted by molar-refractivity contribution is -0.308. The first-order valence-corrected chi connectivity index (χ1v) is 10.9. The number of carboxylic acid groups (broad SMARTS) is 1. The highest BCUT2D eigenvalue weighted by atomic mass is 16.5. The number of phenols is 1. The molecule has 0 radical (unpaired) electrons. The van der Waals surface area contributed by atoms with Crippen LogP contribution in [0.1, 0.15) is 12.5 Å². The van der Waals surface area contributed by atoms with E-state index in [0.717, 1.165) is 5.56 Å². The van der Waals surface area contributed by atoms with E-state index in [4.69, 9.17) is 9.15 Å². The summed E-state index contributed by atoms with van der Waals surface area (Å²) in [4.78, 5) is 36.3. The number of nitrogens with one attached hydrogen (secondary N) is 1. The summed E-state index contributed by atoms with van der Waals surface area (Å²) in [6.45, 7) is 1.48. The number of carbonyl (C=O) groups excluding carboxylic acids is 2. The molecule has 1 aromatic heterocycles. The van der Waals surface area contributed by atoms with Gasteiger partial charge < -0.3 is 29.5 Å². The Labute approximate surface area is 200 Å². The fraction of sp³-hybridized carbons (Fsp3) is 0.148. The topological polar surface area (TPSA) is 129 Å². The Hall–Kier alpha value is -4.59. The van der Waals surface area contributed by atoms with Crippen LogP contribution in [0.5, 0.6) is 11.5 Å². The van der Waals surface area contributed by atoms with E-state index in [2.05, 4.69) is 5.32 Å². The molecule has 8 nitrogen and oxygen atoms in total. The number of amides is 1. The van der Waals surface area contributed by atoms with Crippen molar-refractivity contribution in [3.63, 3.8) is 0 Å². The monoisotopic (exact) mass is 472 g/mol. The molecule has 4 rings (SSSR count). The molecule has 2 atom stereocenters. The summed E-state index contributed by atoms with van der Waals surface area (Å²) < 4.78 is 11.0. The number of ether oxygens (including phenoxy) is 1. The van der Waals surface area contributed by atoms with E-state index in [1.807, 2.05) is 30.3 Å². The molecule has 0 aliphatic carbocycles. The second kappa shape index (κ2) is 10.1. The van der Waals surface area contributed by atoms with Crippen molar-refractivity contribution >= 4 is 22.8 Å². The number of benzene rings is 3. The molecular formula is C27H22NO7-. The van der Waals surface area contributed by atoms with Crippen LogP contribution in [0.2, 0.25) is 0 Å². The van der Waals surface area contributed by atoms with Crippen molar-refractivity contribution in [3.8, 4) is 22.6 Å². The highest BCUT2D eigenvalue weighted by molar-refractivity contribution is 5.94. The average molecular weight is 472 g/mol. The Bertz CT molecular complexity index is 1410. The summed E-state index contributed by atoms with van der Waals surface area (Å²) in [5.41, 5.74) is 1.94. The number of hydrogen-bond acceptors (Lipinski definition) is 7. The highest BCUT2D eigenvalue weighted by Gasteiger charge is 2.21. The second-order valence-corrected chi connectivity index (χ2v) is 8.01. The molecule has 0 bridgehead atoms. The van der Waals surface area contributed by atoms with Crippen molar-refractivity contribution in [1.82, 2.24) is 5.32 Å². The van der Waals surface area contributed by atoms with Crippen molar-refractivity contribution in [2.75, 3.05) is 0 Å². The number of phenolic OH excluding ortho intramolecular Hbond substituents is 1. The van der Waals surface area contributed by atoms with Crippen molar-refractivity contribution in [1.29, 1.82) is 0 Å². The van der Waals surface area contributed by atoms with E-state index >= 15 is 0 Å². The minimum Gasteiger partial charge on any atom is -0.548 e. The Balaban J connectivity index is 1.50. The van der Waals surface area contributed by atoms with Crippen LogP contribution in [0.4, 0.5) is 0 Å². The van der Waals surface area contributed by atoms with Gasteiger partial charge in [0.25, 0.3) is 5.91 Å². The molecule has 35 heavy (non-hydrogen) atoms. The van der Waals surface area contributed by atoms with Crippen molar-refractivity contribution in [3.05, 3.63) is 94.8 Å². The van der Waals surface area contributed by atoms with E-state index in [0.29, 0.717) is 22.1 Å². The zero-order valence-corrected chi connectivity index (χ0v) is 18.8. The van der Waals surface area contributed by atoms with Crippen LogP contribution in [0.15, 0.2) is 88.1 Å². The molecular weight excluding hydrogens is 450 g/mol. The van der Waals surface area contributed by atoms with Crippen LogP contribution in [0, 0.1) is 0 Å². The Morgan fingerprint density at radius 3 is 2.43 bits per heavy atom. The number of carbonyl (C=O) groups is 2. The third kappa shape index (κ3) is 5.67. The predicted molar refractivity (Wildman–Crippen MR) is 127 cm³/mol. The number of carboxylic acids is 1. The lowest BCUT2D eigenvalue weighted by Gasteiger charge is -2.22. The van der Waals surface area contributed by atoms with Crippen LogP contribution in [0.3, 0.4) is 0 Å². The molecule has 0 aliphatic heterocycles. The maximum atomic E-state index is 12.6. The Morgan fingerprint density at radius 1 is 1.03 bits per heavy atom. The lowest BCUT2D eigenvalue weighted by Crippen LogP contribution is -2.52. The molecule has 0 fully saturated rings. The average Bonchev–Trinajstić information content (AvgIpc) is 2.84. The molecule has 1 amide bonds. The van der Waals surface area contributed by atoms with Gasteiger partial charge in [-0.05, 0) is 54.3 Å². The molecule has 4 aromatic rings. The summed E-state index contributed by atoms with van der Waals surface area (Å²) in [5.74, 6) is -1.78.